The van der Waals surface area contributed by atoms with Crippen molar-refractivity contribution in [1.29, 1.82) is 0 Å². The van der Waals surface area contributed by atoms with E-state index in [-0.39, 0.29) is 5.82 Å². The van der Waals surface area contributed by atoms with Gasteiger partial charge in [-0.1, -0.05) is 42.5 Å². The van der Waals surface area contributed by atoms with E-state index in [2.05, 4.69) is 4.99 Å². The third-order valence-corrected chi connectivity index (χ3v) is 4.39. The summed E-state index contributed by atoms with van der Waals surface area (Å²) in [7, 11) is 0. The Labute approximate surface area is 175 Å². The molecule has 0 heterocycles. The topological polar surface area (TPSA) is 30.8 Å². The van der Waals surface area contributed by atoms with Gasteiger partial charge in [-0.05, 0) is 66.2 Å². The fourth-order valence-electron chi connectivity index (χ4n) is 2.83. The first-order valence-electron chi connectivity index (χ1n) is 9.59. The van der Waals surface area contributed by atoms with E-state index in [0.717, 1.165) is 34.1 Å². The first kappa shape index (κ1) is 19.4. The van der Waals surface area contributed by atoms with Gasteiger partial charge in [0.1, 0.15) is 29.7 Å². The summed E-state index contributed by atoms with van der Waals surface area (Å²) in [6, 6.07) is 31.2. The Morgan fingerprint density at radius 1 is 0.700 bits per heavy atom. The fraction of sp³-hybridized carbons (Fsp3) is 0.0385. The standard InChI is InChI=1S/C26H20FNO2/c27-22-12-10-20(11-13-22)19-29-26-9-5-4-6-21(26)18-28-23-14-16-25(17-15-23)30-24-7-2-1-3-8-24/h1-18H,19H2. The second-order valence-corrected chi connectivity index (χ2v) is 6.62. The average molecular weight is 397 g/mol. The fourth-order valence-corrected chi connectivity index (χ4v) is 2.83. The van der Waals surface area contributed by atoms with Gasteiger partial charge in [0.15, 0.2) is 0 Å². The Hall–Kier alpha value is -3.92. The highest BCUT2D eigenvalue weighted by Crippen LogP contribution is 2.24. The van der Waals surface area contributed by atoms with Crippen molar-refractivity contribution in [1.82, 2.24) is 0 Å². The molecule has 3 nitrogen and oxygen atoms in total. The van der Waals surface area contributed by atoms with Gasteiger partial charge in [-0.25, -0.2) is 4.39 Å². The van der Waals surface area contributed by atoms with Gasteiger partial charge in [-0.2, -0.15) is 0 Å². The summed E-state index contributed by atoms with van der Waals surface area (Å²) in [6.45, 7) is 0.358. The Bertz CT molecular complexity index is 1110. The molecule has 0 aliphatic heterocycles. The quantitative estimate of drug-likeness (QED) is 0.316. The van der Waals surface area contributed by atoms with Crippen molar-refractivity contribution in [2.45, 2.75) is 6.61 Å². The molecule has 0 bridgehead atoms. The molecule has 30 heavy (non-hydrogen) atoms. The molecule has 4 aromatic carbocycles. The molecule has 4 heteroatoms. The lowest BCUT2D eigenvalue weighted by atomic mass is 10.2. The van der Waals surface area contributed by atoms with Crippen molar-refractivity contribution < 1.29 is 13.9 Å². The lowest BCUT2D eigenvalue weighted by molar-refractivity contribution is 0.305. The molecule has 0 unspecified atom stereocenters. The Morgan fingerprint density at radius 2 is 1.37 bits per heavy atom. The number of hydrogen-bond donors (Lipinski definition) is 0. The van der Waals surface area contributed by atoms with Crippen LogP contribution in [0, 0.1) is 5.82 Å². The maximum Gasteiger partial charge on any atom is 0.128 e. The highest BCUT2D eigenvalue weighted by atomic mass is 19.1. The molecule has 0 saturated heterocycles. The normalized spacial score (nSPS) is 10.8. The summed E-state index contributed by atoms with van der Waals surface area (Å²) >= 11 is 0. The zero-order chi connectivity index (χ0) is 20.6. The van der Waals surface area contributed by atoms with E-state index in [0.29, 0.717) is 6.61 Å². The van der Waals surface area contributed by atoms with Crippen molar-refractivity contribution in [3.05, 3.63) is 120 Å². The Morgan fingerprint density at radius 3 is 2.13 bits per heavy atom. The lowest BCUT2D eigenvalue weighted by Gasteiger charge is -2.09. The van der Waals surface area contributed by atoms with Crippen LogP contribution in [0.1, 0.15) is 11.1 Å². The first-order valence-corrected chi connectivity index (χ1v) is 9.59. The van der Waals surface area contributed by atoms with Crippen LogP contribution < -0.4 is 9.47 Å². The second-order valence-electron chi connectivity index (χ2n) is 6.62. The molecule has 148 valence electrons. The predicted molar refractivity (Wildman–Crippen MR) is 117 cm³/mol. The number of ether oxygens (including phenoxy) is 2. The third-order valence-electron chi connectivity index (χ3n) is 4.39. The number of benzene rings is 4. The van der Waals surface area contributed by atoms with Gasteiger partial charge in [-0.15, -0.1) is 0 Å². The van der Waals surface area contributed by atoms with Crippen LogP contribution in [-0.4, -0.2) is 6.21 Å². The van der Waals surface area contributed by atoms with Gasteiger partial charge in [0.2, 0.25) is 0 Å². The highest BCUT2D eigenvalue weighted by Gasteiger charge is 2.02. The van der Waals surface area contributed by atoms with Crippen LogP contribution in [-0.2, 0) is 6.61 Å². The molecule has 0 aromatic heterocycles. The molecule has 0 N–H and O–H groups in total. The number of halogens is 1. The van der Waals surface area contributed by atoms with E-state index in [1.807, 2.05) is 78.9 Å². The van der Waals surface area contributed by atoms with Crippen molar-refractivity contribution in [2.24, 2.45) is 4.99 Å². The van der Waals surface area contributed by atoms with Gasteiger partial charge in [0.05, 0.1) is 5.69 Å². The predicted octanol–water partition coefficient (Wildman–Crippen LogP) is 6.95. The molecule has 0 saturated carbocycles. The number of aliphatic imine (C=N–C) groups is 1. The van der Waals surface area contributed by atoms with Crippen LogP contribution in [0.15, 0.2) is 108 Å². The van der Waals surface area contributed by atoms with Crippen LogP contribution in [0.3, 0.4) is 0 Å². The van der Waals surface area contributed by atoms with Crippen LogP contribution >= 0.6 is 0 Å². The zero-order valence-electron chi connectivity index (χ0n) is 16.2. The van der Waals surface area contributed by atoms with Gasteiger partial charge < -0.3 is 9.47 Å². The molecule has 0 aliphatic carbocycles. The van der Waals surface area contributed by atoms with Crippen LogP contribution in [0.5, 0.6) is 17.2 Å². The molecule has 4 rings (SSSR count). The minimum Gasteiger partial charge on any atom is -0.488 e. The smallest absolute Gasteiger partial charge is 0.128 e. The van der Waals surface area contributed by atoms with Gasteiger partial charge in [-0.3, -0.25) is 4.99 Å². The number of rotatable bonds is 7. The van der Waals surface area contributed by atoms with Crippen LogP contribution in [0.25, 0.3) is 0 Å². The molecule has 0 fully saturated rings. The number of nitrogens with zero attached hydrogens (tertiary/aromatic N) is 1. The van der Waals surface area contributed by atoms with E-state index in [9.17, 15) is 4.39 Å². The van der Waals surface area contributed by atoms with Crippen molar-refractivity contribution >= 4 is 11.9 Å². The van der Waals surface area contributed by atoms with Gasteiger partial charge in [0.25, 0.3) is 0 Å². The molecule has 4 aromatic rings. The minimum atomic E-state index is -0.258. The molecule has 0 aliphatic rings. The minimum absolute atomic E-state index is 0.258. The van der Waals surface area contributed by atoms with Gasteiger partial charge in [0, 0.05) is 11.8 Å². The van der Waals surface area contributed by atoms with Crippen LogP contribution in [0.2, 0.25) is 0 Å². The SMILES string of the molecule is Fc1ccc(COc2ccccc2C=Nc2ccc(Oc3ccccc3)cc2)cc1. The molecular weight excluding hydrogens is 377 g/mol. The van der Waals surface area contributed by atoms with E-state index in [1.165, 1.54) is 12.1 Å². The van der Waals surface area contributed by atoms with Crippen molar-refractivity contribution in [3.63, 3.8) is 0 Å². The summed E-state index contributed by atoms with van der Waals surface area (Å²) in [4.78, 5) is 4.54. The van der Waals surface area contributed by atoms with Gasteiger partial charge >= 0.3 is 0 Å². The Kier molecular flexibility index (Phi) is 6.16. The lowest BCUT2D eigenvalue weighted by Crippen LogP contribution is -1.98. The van der Waals surface area contributed by atoms with E-state index in [4.69, 9.17) is 9.47 Å². The van der Waals surface area contributed by atoms with E-state index < -0.39 is 0 Å². The molecule has 0 amide bonds. The first-order chi connectivity index (χ1) is 14.8. The molecule has 0 spiro atoms. The third kappa shape index (κ3) is 5.32. The summed E-state index contributed by atoms with van der Waals surface area (Å²) < 4.78 is 24.7. The molecular formula is C26H20FNO2. The average Bonchev–Trinajstić information content (AvgIpc) is 2.79. The highest BCUT2D eigenvalue weighted by molar-refractivity contribution is 5.85. The summed E-state index contributed by atoms with van der Waals surface area (Å²) in [6.07, 6.45) is 1.77. The summed E-state index contributed by atoms with van der Waals surface area (Å²) in [5, 5.41) is 0. The molecule has 0 radical (unpaired) electrons. The maximum atomic E-state index is 13.0. The summed E-state index contributed by atoms with van der Waals surface area (Å²) in [5.74, 6) is 2.00. The van der Waals surface area contributed by atoms with Crippen molar-refractivity contribution in [3.8, 4) is 17.2 Å². The second kappa shape index (κ2) is 9.52. The number of para-hydroxylation sites is 2. The molecule has 0 atom stereocenters. The van der Waals surface area contributed by atoms with Crippen LogP contribution in [0.4, 0.5) is 10.1 Å². The van der Waals surface area contributed by atoms with E-state index in [1.54, 1.807) is 18.3 Å². The van der Waals surface area contributed by atoms with Crippen molar-refractivity contribution in [2.75, 3.05) is 0 Å². The summed E-state index contributed by atoms with van der Waals surface area (Å²) in [5.41, 5.74) is 2.57. The maximum absolute atomic E-state index is 13.0. The van der Waals surface area contributed by atoms with E-state index >= 15 is 0 Å². The zero-order valence-corrected chi connectivity index (χ0v) is 16.2. The Balaban J connectivity index is 1.41. The number of hydrogen-bond acceptors (Lipinski definition) is 3. The monoisotopic (exact) mass is 397 g/mol. The largest absolute Gasteiger partial charge is 0.488 e.